The van der Waals surface area contributed by atoms with E-state index in [-0.39, 0.29) is 34.1 Å². The number of anilines is 3. The zero-order valence-corrected chi connectivity index (χ0v) is 20.7. The maximum absolute atomic E-state index is 14.7. The highest BCUT2D eigenvalue weighted by Crippen LogP contribution is 2.47. The third-order valence-corrected chi connectivity index (χ3v) is 7.61. The van der Waals surface area contributed by atoms with Gasteiger partial charge in [0, 0.05) is 25.1 Å². The quantitative estimate of drug-likeness (QED) is 0.446. The molecule has 2 aromatic carbocycles. The van der Waals surface area contributed by atoms with Crippen molar-refractivity contribution < 1.29 is 22.5 Å². The van der Waals surface area contributed by atoms with Crippen LogP contribution in [-0.4, -0.2) is 28.2 Å². The summed E-state index contributed by atoms with van der Waals surface area (Å²) >= 11 is 0. The first-order chi connectivity index (χ1) is 16.8. The van der Waals surface area contributed by atoms with E-state index in [1.54, 1.807) is 24.3 Å². The molecule has 0 aliphatic heterocycles. The molecule has 0 bridgehead atoms. The normalized spacial score (nSPS) is 17.5. The van der Waals surface area contributed by atoms with Crippen molar-refractivity contribution in [3.05, 3.63) is 75.6 Å². The van der Waals surface area contributed by atoms with Crippen LogP contribution in [0.15, 0.2) is 47.3 Å². The van der Waals surface area contributed by atoms with Crippen LogP contribution in [0.5, 0.6) is 11.5 Å². The fourth-order valence-corrected chi connectivity index (χ4v) is 5.31. The second kappa shape index (κ2) is 10.1. The molecule has 2 N–H and O–H groups in total. The highest BCUT2D eigenvalue weighted by atomic mass is 32.2. The lowest BCUT2D eigenvalue weighted by molar-refractivity contribution is 0.410. The summed E-state index contributed by atoms with van der Waals surface area (Å²) in [5, 5.41) is 2.59. The maximum atomic E-state index is 14.7. The molecule has 7 nitrogen and oxygen atoms in total. The van der Waals surface area contributed by atoms with E-state index in [0.29, 0.717) is 24.2 Å². The Morgan fingerprint density at radius 3 is 2.49 bits per heavy atom. The molecular formula is C25H27F2N3O4S. The molecular weight excluding hydrogens is 476 g/mol. The molecule has 0 saturated heterocycles. The van der Waals surface area contributed by atoms with Crippen LogP contribution in [0, 0.1) is 11.6 Å². The highest BCUT2D eigenvalue weighted by Gasteiger charge is 2.45. The smallest absolute Gasteiger partial charge is 0.255 e. The molecule has 1 saturated carbocycles. The number of nitrogens with one attached hydrogen (secondary N) is 2. The molecule has 3 unspecified atom stereocenters. The molecule has 3 aromatic rings. The van der Waals surface area contributed by atoms with E-state index >= 15 is 0 Å². The number of halogens is 2. The number of hydrogen-bond acceptors (Lipinski definition) is 5. The van der Waals surface area contributed by atoms with Gasteiger partial charge in [-0.1, -0.05) is 19.1 Å². The maximum Gasteiger partial charge on any atom is 0.255 e. The number of pyridine rings is 1. The van der Waals surface area contributed by atoms with Crippen LogP contribution in [0.1, 0.15) is 30.4 Å². The predicted molar refractivity (Wildman–Crippen MR) is 133 cm³/mol. The molecule has 0 radical (unpaired) electrons. The van der Waals surface area contributed by atoms with Crippen molar-refractivity contribution in [3.63, 3.8) is 0 Å². The molecule has 186 valence electrons. The summed E-state index contributed by atoms with van der Waals surface area (Å²) in [6, 6.07) is 10.7. The van der Waals surface area contributed by atoms with Crippen LogP contribution in [-0.2, 0) is 24.5 Å². The largest absolute Gasteiger partial charge is 0.497 e. The van der Waals surface area contributed by atoms with Crippen molar-refractivity contribution in [1.29, 1.82) is 0 Å². The van der Waals surface area contributed by atoms with Crippen LogP contribution >= 0.6 is 0 Å². The van der Waals surface area contributed by atoms with Gasteiger partial charge in [-0.15, -0.1) is 0 Å². The van der Waals surface area contributed by atoms with Crippen molar-refractivity contribution in [2.45, 2.75) is 30.9 Å². The van der Waals surface area contributed by atoms with Gasteiger partial charge in [0.2, 0.25) is 0 Å². The van der Waals surface area contributed by atoms with Crippen molar-refractivity contribution in [3.8, 4) is 11.5 Å². The number of benzene rings is 2. The SMILES string of the molecule is CCc1ccc(Nc2c(NS(=O)C3CC3c3ccc(OC)cc3F)c(OC)cc(=O)n2C)c(F)c1. The predicted octanol–water partition coefficient (Wildman–Crippen LogP) is 4.62. The Hall–Kier alpha value is -3.40. The van der Waals surface area contributed by atoms with Gasteiger partial charge in [-0.2, -0.15) is 0 Å². The van der Waals surface area contributed by atoms with Crippen molar-refractivity contribution in [2.24, 2.45) is 7.05 Å². The van der Waals surface area contributed by atoms with Crippen molar-refractivity contribution >= 4 is 28.2 Å². The number of aryl methyl sites for hydroxylation is 1. The van der Waals surface area contributed by atoms with E-state index in [2.05, 4.69) is 10.0 Å². The van der Waals surface area contributed by atoms with Gasteiger partial charge in [0.25, 0.3) is 5.56 Å². The van der Waals surface area contributed by atoms with Gasteiger partial charge in [-0.05, 0) is 42.2 Å². The lowest BCUT2D eigenvalue weighted by atomic mass is 10.1. The van der Waals surface area contributed by atoms with Crippen LogP contribution in [0.2, 0.25) is 0 Å². The third kappa shape index (κ3) is 5.02. The molecule has 0 spiro atoms. The molecule has 0 amide bonds. The van der Waals surface area contributed by atoms with Gasteiger partial charge in [0.05, 0.1) is 25.2 Å². The Bertz CT molecular complexity index is 1350. The van der Waals surface area contributed by atoms with Crippen LogP contribution in [0.4, 0.5) is 26.0 Å². The summed E-state index contributed by atoms with van der Waals surface area (Å²) in [4.78, 5) is 12.5. The first-order valence-corrected chi connectivity index (χ1v) is 12.3. The minimum absolute atomic E-state index is 0.155. The van der Waals surface area contributed by atoms with E-state index < -0.39 is 28.2 Å². The second-order valence-electron chi connectivity index (χ2n) is 8.29. The molecule has 4 rings (SSSR count). The zero-order valence-electron chi connectivity index (χ0n) is 19.9. The van der Waals surface area contributed by atoms with Gasteiger partial charge in [-0.3, -0.25) is 14.1 Å². The average molecular weight is 504 g/mol. The van der Waals surface area contributed by atoms with E-state index in [1.807, 2.05) is 6.92 Å². The fourth-order valence-electron chi connectivity index (χ4n) is 3.94. The van der Waals surface area contributed by atoms with Gasteiger partial charge in [0.15, 0.2) is 5.75 Å². The molecule has 1 aliphatic rings. The molecule has 1 aromatic heterocycles. The lowest BCUT2D eigenvalue weighted by Gasteiger charge is -2.20. The third-order valence-electron chi connectivity index (χ3n) is 6.14. The first-order valence-electron chi connectivity index (χ1n) is 11.1. The minimum Gasteiger partial charge on any atom is -0.497 e. The summed E-state index contributed by atoms with van der Waals surface area (Å²) in [5.41, 5.74) is 1.31. The van der Waals surface area contributed by atoms with Gasteiger partial charge in [0.1, 0.15) is 39.9 Å². The Morgan fingerprint density at radius 1 is 1.09 bits per heavy atom. The van der Waals surface area contributed by atoms with Gasteiger partial charge < -0.3 is 14.8 Å². The molecule has 35 heavy (non-hydrogen) atoms. The average Bonchev–Trinajstić information content (AvgIpc) is 3.65. The standard InChI is InChI=1S/C25H27F2N3O4S/c1-5-14-6-9-20(19(27)10-14)28-25-24(21(34-4)13-23(31)30(25)2)29-35(32)22-12-17(22)16-8-7-15(33-3)11-18(16)26/h6-11,13,17,22,28-29H,5,12H2,1-4H3. The number of aromatic nitrogens is 1. The van der Waals surface area contributed by atoms with Crippen molar-refractivity contribution in [1.82, 2.24) is 4.57 Å². The molecule has 1 heterocycles. The summed E-state index contributed by atoms with van der Waals surface area (Å²) in [7, 11) is 2.72. The first kappa shape index (κ1) is 24.7. The fraction of sp³-hybridized carbons (Fsp3) is 0.320. The topological polar surface area (TPSA) is 81.6 Å². The molecule has 1 aliphatic carbocycles. The van der Waals surface area contributed by atoms with E-state index in [0.717, 1.165) is 5.56 Å². The Kier molecular flexibility index (Phi) is 7.11. The Balaban J connectivity index is 1.63. The summed E-state index contributed by atoms with van der Waals surface area (Å²) in [6.07, 6.45) is 1.20. The Morgan fingerprint density at radius 2 is 1.86 bits per heavy atom. The van der Waals surface area contributed by atoms with E-state index in [4.69, 9.17) is 9.47 Å². The van der Waals surface area contributed by atoms with Crippen LogP contribution in [0.3, 0.4) is 0 Å². The summed E-state index contributed by atoms with van der Waals surface area (Å²) in [5.74, 6) is -0.373. The number of hydrogen-bond donors (Lipinski definition) is 2. The number of methoxy groups -OCH3 is 2. The summed E-state index contributed by atoms with van der Waals surface area (Å²) < 4.78 is 57.0. The molecule has 1 fully saturated rings. The van der Waals surface area contributed by atoms with E-state index in [1.165, 1.54) is 44.0 Å². The summed E-state index contributed by atoms with van der Waals surface area (Å²) in [6.45, 7) is 1.92. The lowest BCUT2D eigenvalue weighted by Crippen LogP contribution is -2.23. The number of ether oxygens (including phenoxy) is 2. The van der Waals surface area contributed by atoms with Gasteiger partial charge in [-0.25, -0.2) is 13.0 Å². The molecule has 3 atom stereocenters. The van der Waals surface area contributed by atoms with Crippen LogP contribution < -0.4 is 25.1 Å². The number of rotatable bonds is 9. The number of nitrogens with zero attached hydrogens (tertiary/aromatic N) is 1. The monoisotopic (exact) mass is 503 g/mol. The zero-order chi connectivity index (χ0) is 25.3. The second-order valence-corrected chi connectivity index (χ2v) is 9.70. The Labute approximate surface area is 204 Å². The molecule has 10 heteroatoms. The van der Waals surface area contributed by atoms with Crippen molar-refractivity contribution in [2.75, 3.05) is 24.3 Å². The van der Waals surface area contributed by atoms with Crippen LogP contribution in [0.25, 0.3) is 0 Å². The minimum atomic E-state index is -1.64. The van der Waals surface area contributed by atoms with E-state index in [9.17, 15) is 17.8 Å². The highest BCUT2D eigenvalue weighted by molar-refractivity contribution is 7.87. The van der Waals surface area contributed by atoms with Gasteiger partial charge >= 0.3 is 0 Å².